The number of nitrogens with zero attached hydrogens (tertiary/aromatic N) is 3. The van der Waals surface area contributed by atoms with E-state index >= 15 is 0 Å². The van der Waals surface area contributed by atoms with Gasteiger partial charge in [-0.05, 0) is 63.9 Å². The van der Waals surface area contributed by atoms with Crippen molar-refractivity contribution >= 4 is 17.1 Å². The highest BCUT2D eigenvalue weighted by atomic mass is 32.2. The van der Waals surface area contributed by atoms with Crippen LogP contribution in [0.4, 0.5) is 0 Å². The molecule has 0 aromatic heterocycles. The quantitative estimate of drug-likeness (QED) is 0.537. The fraction of sp³-hybridized carbons (Fsp3) is 0.536. The highest BCUT2D eigenvalue weighted by Gasteiger charge is 2.40. The summed E-state index contributed by atoms with van der Waals surface area (Å²) in [5, 5.41) is -0.977. The van der Waals surface area contributed by atoms with Crippen molar-refractivity contribution in [1.82, 2.24) is 14.7 Å². The number of hydrogen-bond acceptors (Lipinski definition) is 5. The van der Waals surface area contributed by atoms with Crippen molar-refractivity contribution in [1.29, 1.82) is 0 Å². The van der Waals surface area contributed by atoms with Gasteiger partial charge in [0.05, 0.1) is 16.0 Å². The van der Waals surface area contributed by atoms with Crippen molar-refractivity contribution in [2.24, 2.45) is 5.92 Å². The molecule has 0 saturated carbocycles. The largest absolute Gasteiger partial charge is 0.306 e. The van der Waals surface area contributed by atoms with Crippen LogP contribution < -0.4 is 0 Å². The number of carbonyl (C=O) groups excluding carboxylic acids is 1. The minimum absolute atomic E-state index is 0.168. The molecule has 0 spiro atoms. The molecule has 0 N–H and O–H groups in total. The minimum atomic E-state index is -1.42. The second kappa shape index (κ2) is 11.7. The van der Waals surface area contributed by atoms with Gasteiger partial charge in [-0.25, -0.2) is 0 Å². The van der Waals surface area contributed by atoms with E-state index in [2.05, 4.69) is 35.6 Å². The van der Waals surface area contributed by atoms with E-state index in [1.54, 1.807) is 0 Å². The van der Waals surface area contributed by atoms with E-state index in [1.807, 2.05) is 60.7 Å². The van der Waals surface area contributed by atoms with E-state index in [-0.39, 0.29) is 17.3 Å². The lowest BCUT2D eigenvalue weighted by Crippen LogP contribution is -2.62. The van der Waals surface area contributed by atoms with Crippen LogP contribution in [0.25, 0.3) is 0 Å². The van der Waals surface area contributed by atoms with Gasteiger partial charge >= 0.3 is 0 Å². The summed E-state index contributed by atoms with van der Waals surface area (Å²) < 4.78 is 14.1. The van der Waals surface area contributed by atoms with Crippen molar-refractivity contribution in [3.63, 3.8) is 0 Å². The van der Waals surface area contributed by atoms with Crippen molar-refractivity contribution in [3.05, 3.63) is 71.8 Å². The molecule has 4 atom stereocenters. The summed E-state index contributed by atoms with van der Waals surface area (Å²) in [5.74, 6) is 0.749. The maximum absolute atomic E-state index is 14.1. The van der Waals surface area contributed by atoms with Crippen molar-refractivity contribution in [3.8, 4) is 0 Å². The second-order valence-corrected chi connectivity index (χ2v) is 11.8. The number of rotatable bonds is 8. The first-order valence-electron chi connectivity index (χ1n) is 12.6. The number of piperazine rings is 1. The Morgan fingerprint density at radius 1 is 0.912 bits per heavy atom. The van der Waals surface area contributed by atoms with Gasteiger partial charge in [0.2, 0.25) is 0 Å². The van der Waals surface area contributed by atoms with E-state index < -0.39 is 16.2 Å². The lowest BCUT2D eigenvalue weighted by Gasteiger charge is -2.48. The Labute approximate surface area is 207 Å². The van der Waals surface area contributed by atoms with Crippen LogP contribution in [0.15, 0.2) is 60.7 Å². The summed E-state index contributed by atoms with van der Waals surface area (Å²) in [4.78, 5) is 19.7. The topological polar surface area (TPSA) is 43.9 Å². The van der Waals surface area contributed by atoms with Crippen LogP contribution in [0, 0.1) is 5.92 Å². The van der Waals surface area contributed by atoms with Gasteiger partial charge < -0.3 is 9.69 Å². The van der Waals surface area contributed by atoms with E-state index in [4.69, 9.17) is 0 Å². The molecule has 4 rings (SSSR count). The molecule has 2 saturated heterocycles. The highest BCUT2D eigenvalue weighted by molar-refractivity contribution is 7.86. The summed E-state index contributed by atoms with van der Waals surface area (Å²) in [6, 6.07) is 20.3. The molecule has 0 bridgehead atoms. The van der Waals surface area contributed by atoms with E-state index in [0.29, 0.717) is 0 Å². The van der Waals surface area contributed by atoms with Gasteiger partial charge in [-0.2, -0.15) is 0 Å². The third-order valence-electron chi connectivity index (χ3n) is 7.50. The first-order chi connectivity index (χ1) is 16.5. The van der Waals surface area contributed by atoms with Crippen molar-refractivity contribution < 1.29 is 9.00 Å². The summed E-state index contributed by atoms with van der Waals surface area (Å²) in [5.41, 5.74) is 1.97. The van der Waals surface area contributed by atoms with Gasteiger partial charge in [0.15, 0.2) is 0 Å². The SMILES string of the molecule is CC1CN(CC2CCN(C)CC2)CC(C)N1C(C=O)S(=O)C(c1ccccc1)c1ccccc1. The summed E-state index contributed by atoms with van der Waals surface area (Å²) >= 11 is 0. The number of carbonyl (C=O) groups is 1. The molecule has 0 amide bonds. The van der Waals surface area contributed by atoms with Crippen LogP contribution in [0.5, 0.6) is 0 Å². The van der Waals surface area contributed by atoms with E-state index in [1.165, 1.54) is 25.9 Å². The maximum atomic E-state index is 14.1. The van der Waals surface area contributed by atoms with Crippen LogP contribution in [0.1, 0.15) is 43.1 Å². The zero-order valence-corrected chi connectivity index (χ0v) is 21.6. The lowest BCUT2D eigenvalue weighted by atomic mass is 9.95. The molecular weight excluding hydrogens is 442 g/mol. The monoisotopic (exact) mass is 481 g/mol. The third-order valence-corrected chi connectivity index (χ3v) is 9.34. The zero-order chi connectivity index (χ0) is 24.1. The first-order valence-corrected chi connectivity index (χ1v) is 13.9. The van der Waals surface area contributed by atoms with Gasteiger partial charge in [0.25, 0.3) is 0 Å². The molecule has 5 nitrogen and oxygen atoms in total. The Bertz CT molecular complexity index is 882. The predicted molar refractivity (Wildman–Crippen MR) is 140 cm³/mol. The number of hydrogen-bond donors (Lipinski definition) is 0. The molecule has 2 aromatic carbocycles. The molecule has 184 valence electrons. The fourth-order valence-electron chi connectivity index (χ4n) is 5.81. The van der Waals surface area contributed by atoms with E-state index in [0.717, 1.165) is 43.0 Å². The van der Waals surface area contributed by atoms with Crippen LogP contribution in [-0.4, -0.2) is 82.4 Å². The van der Waals surface area contributed by atoms with Crippen LogP contribution in [0.2, 0.25) is 0 Å². The van der Waals surface area contributed by atoms with Gasteiger partial charge in [0, 0.05) is 31.7 Å². The zero-order valence-electron chi connectivity index (χ0n) is 20.8. The van der Waals surface area contributed by atoms with Gasteiger partial charge in [-0.3, -0.25) is 14.0 Å². The molecular formula is C28H39N3O2S. The molecule has 34 heavy (non-hydrogen) atoms. The molecule has 2 fully saturated rings. The minimum Gasteiger partial charge on any atom is -0.306 e. The molecule has 4 unspecified atom stereocenters. The van der Waals surface area contributed by atoms with Crippen LogP contribution >= 0.6 is 0 Å². The highest BCUT2D eigenvalue weighted by Crippen LogP contribution is 2.33. The van der Waals surface area contributed by atoms with Crippen LogP contribution in [0.3, 0.4) is 0 Å². The molecule has 6 heteroatoms. The predicted octanol–water partition coefficient (Wildman–Crippen LogP) is 3.79. The van der Waals surface area contributed by atoms with Gasteiger partial charge in [0.1, 0.15) is 11.7 Å². The van der Waals surface area contributed by atoms with Gasteiger partial charge in [-0.15, -0.1) is 0 Å². The average Bonchev–Trinajstić information content (AvgIpc) is 2.84. The Kier molecular flexibility index (Phi) is 8.70. The molecule has 0 aliphatic carbocycles. The summed E-state index contributed by atoms with van der Waals surface area (Å²) in [6.07, 6.45) is 3.45. The molecule has 2 aliphatic rings. The number of piperidine rings is 1. The molecule has 2 aromatic rings. The number of benzene rings is 2. The standard InChI is InChI=1S/C28H39N3O2S/c1-22-18-30(20-24-14-16-29(3)17-15-24)19-23(2)31(22)27(21-32)34(33)28(25-10-6-4-7-11-25)26-12-8-5-9-13-26/h4-13,21-24,27-28H,14-20H2,1-3H3. The third kappa shape index (κ3) is 5.85. The Hall–Kier alpha value is -1.86. The van der Waals surface area contributed by atoms with E-state index in [9.17, 15) is 9.00 Å². The van der Waals surface area contributed by atoms with Crippen LogP contribution in [-0.2, 0) is 15.6 Å². The summed E-state index contributed by atoms with van der Waals surface area (Å²) in [6.45, 7) is 9.70. The average molecular weight is 482 g/mol. The molecule has 0 radical (unpaired) electrons. The number of aldehydes is 1. The maximum Gasteiger partial charge on any atom is 0.150 e. The summed E-state index contributed by atoms with van der Waals surface area (Å²) in [7, 11) is 0.781. The Morgan fingerprint density at radius 3 is 1.88 bits per heavy atom. The molecule has 2 aliphatic heterocycles. The Balaban J connectivity index is 1.51. The fourth-order valence-corrected chi connectivity index (χ4v) is 7.70. The second-order valence-electron chi connectivity index (χ2n) is 10.2. The van der Waals surface area contributed by atoms with Crippen molar-refractivity contribution in [2.45, 2.75) is 49.4 Å². The van der Waals surface area contributed by atoms with Gasteiger partial charge in [-0.1, -0.05) is 60.7 Å². The smallest absolute Gasteiger partial charge is 0.150 e. The van der Waals surface area contributed by atoms with Crippen molar-refractivity contribution in [2.75, 3.05) is 39.8 Å². The number of likely N-dealkylation sites (tertiary alicyclic amines) is 1. The first kappa shape index (κ1) is 25.2. The normalized spacial score (nSPS) is 25.3. The molecule has 2 heterocycles. The Morgan fingerprint density at radius 2 is 1.41 bits per heavy atom. The lowest BCUT2D eigenvalue weighted by molar-refractivity contribution is -0.112.